The smallest absolute Gasteiger partial charge is 0.228 e. The monoisotopic (exact) mass is 260 g/mol. The van der Waals surface area contributed by atoms with E-state index in [1.165, 1.54) is 0 Å². The van der Waals surface area contributed by atoms with Crippen LogP contribution < -0.4 is 5.32 Å². The van der Waals surface area contributed by atoms with Crippen LogP contribution in [0, 0.1) is 6.92 Å². The lowest BCUT2D eigenvalue weighted by Gasteiger charge is -2.07. The molecule has 1 heterocycles. The predicted octanol–water partition coefficient (Wildman–Crippen LogP) is 3.22. The predicted molar refractivity (Wildman–Crippen MR) is 72.8 cm³/mol. The molecule has 0 atom stereocenters. The van der Waals surface area contributed by atoms with Gasteiger partial charge in [0.1, 0.15) is 0 Å². The van der Waals surface area contributed by atoms with Gasteiger partial charge < -0.3 is 5.32 Å². The lowest BCUT2D eigenvalue weighted by Crippen LogP contribution is -2.15. The molecule has 0 aliphatic carbocycles. The molecule has 1 amide bonds. The van der Waals surface area contributed by atoms with Crippen molar-refractivity contribution in [1.29, 1.82) is 0 Å². The molecule has 0 aliphatic heterocycles. The normalized spacial score (nSPS) is 10.1. The largest absolute Gasteiger partial charge is 0.324 e. The van der Waals surface area contributed by atoms with Gasteiger partial charge in [0.2, 0.25) is 5.91 Å². The molecule has 0 spiro atoms. The molecular weight excluding hydrogens is 248 g/mol. The molecule has 0 saturated carbocycles. The standard InChI is InChI=1S/C14H13ClN2O/c1-10-6-7-16-9-13(10)17-14(18)8-11-2-4-12(15)5-3-11/h2-7,9H,8H2,1H3,(H,17,18). The van der Waals surface area contributed by atoms with Gasteiger partial charge in [0.05, 0.1) is 18.3 Å². The Bertz CT molecular complexity index is 552. The number of aryl methyl sites for hydroxylation is 1. The van der Waals surface area contributed by atoms with Gasteiger partial charge in [0.15, 0.2) is 0 Å². The van der Waals surface area contributed by atoms with E-state index in [1.807, 2.05) is 25.1 Å². The summed E-state index contributed by atoms with van der Waals surface area (Å²) in [7, 11) is 0. The number of carbonyl (C=O) groups excluding carboxylic acids is 1. The van der Waals surface area contributed by atoms with Gasteiger partial charge in [-0.1, -0.05) is 23.7 Å². The highest BCUT2D eigenvalue weighted by molar-refractivity contribution is 6.30. The van der Waals surface area contributed by atoms with Crippen molar-refractivity contribution < 1.29 is 4.79 Å². The van der Waals surface area contributed by atoms with Gasteiger partial charge in [-0.2, -0.15) is 0 Å². The Morgan fingerprint density at radius 2 is 2.00 bits per heavy atom. The van der Waals surface area contributed by atoms with Crippen molar-refractivity contribution in [3.05, 3.63) is 58.9 Å². The second-order valence-electron chi connectivity index (χ2n) is 4.04. The zero-order valence-electron chi connectivity index (χ0n) is 9.98. The van der Waals surface area contributed by atoms with E-state index in [4.69, 9.17) is 11.6 Å². The number of halogens is 1. The van der Waals surface area contributed by atoms with E-state index in [2.05, 4.69) is 10.3 Å². The molecular formula is C14H13ClN2O. The minimum atomic E-state index is -0.0616. The number of hydrogen-bond acceptors (Lipinski definition) is 2. The molecule has 4 heteroatoms. The lowest BCUT2D eigenvalue weighted by molar-refractivity contribution is -0.115. The topological polar surface area (TPSA) is 42.0 Å². The zero-order valence-corrected chi connectivity index (χ0v) is 10.7. The molecule has 1 aromatic heterocycles. The van der Waals surface area contributed by atoms with E-state index < -0.39 is 0 Å². The van der Waals surface area contributed by atoms with Crippen molar-refractivity contribution in [3.63, 3.8) is 0 Å². The Morgan fingerprint density at radius 1 is 1.28 bits per heavy atom. The molecule has 2 aromatic rings. The highest BCUT2D eigenvalue weighted by Gasteiger charge is 2.05. The van der Waals surface area contributed by atoms with Crippen molar-refractivity contribution in [1.82, 2.24) is 4.98 Å². The highest BCUT2D eigenvalue weighted by atomic mass is 35.5. The minimum Gasteiger partial charge on any atom is -0.324 e. The summed E-state index contributed by atoms with van der Waals surface area (Å²) in [6.45, 7) is 1.93. The average molecular weight is 261 g/mol. The van der Waals surface area contributed by atoms with Crippen LogP contribution in [0.5, 0.6) is 0 Å². The number of benzene rings is 1. The van der Waals surface area contributed by atoms with Crippen LogP contribution in [0.4, 0.5) is 5.69 Å². The second kappa shape index (κ2) is 5.65. The fourth-order valence-electron chi connectivity index (χ4n) is 1.58. The number of rotatable bonds is 3. The van der Waals surface area contributed by atoms with E-state index in [0.717, 1.165) is 16.8 Å². The first-order chi connectivity index (χ1) is 8.65. The number of hydrogen-bond donors (Lipinski definition) is 1. The first kappa shape index (κ1) is 12.6. The summed E-state index contributed by atoms with van der Waals surface area (Å²) in [4.78, 5) is 15.8. The summed E-state index contributed by atoms with van der Waals surface area (Å²) in [5.74, 6) is -0.0616. The first-order valence-corrected chi connectivity index (χ1v) is 5.98. The van der Waals surface area contributed by atoms with Gasteiger partial charge in [0, 0.05) is 11.2 Å². The molecule has 0 bridgehead atoms. The molecule has 1 N–H and O–H groups in total. The van der Waals surface area contributed by atoms with E-state index in [-0.39, 0.29) is 5.91 Å². The van der Waals surface area contributed by atoms with Gasteiger partial charge in [0.25, 0.3) is 0 Å². The third-order valence-electron chi connectivity index (χ3n) is 2.59. The lowest BCUT2D eigenvalue weighted by atomic mass is 10.1. The van der Waals surface area contributed by atoms with Gasteiger partial charge in [-0.3, -0.25) is 9.78 Å². The fourth-order valence-corrected chi connectivity index (χ4v) is 1.70. The maximum absolute atomic E-state index is 11.8. The number of nitrogens with zero attached hydrogens (tertiary/aromatic N) is 1. The summed E-state index contributed by atoms with van der Waals surface area (Å²) in [6, 6.07) is 9.10. The summed E-state index contributed by atoms with van der Waals surface area (Å²) in [6.07, 6.45) is 3.67. The van der Waals surface area contributed by atoms with Crippen molar-refractivity contribution in [2.24, 2.45) is 0 Å². The van der Waals surface area contributed by atoms with E-state index in [9.17, 15) is 4.79 Å². The molecule has 0 fully saturated rings. The maximum Gasteiger partial charge on any atom is 0.228 e. The van der Waals surface area contributed by atoms with Crippen LogP contribution in [-0.2, 0) is 11.2 Å². The zero-order chi connectivity index (χ0) is 13.0. The third kappa shape index (κ3) is 3.31. The number of anilines is 1. The summed E-state index contributed by atoms with van der Waals surface area (Å²) in [5, 5.41) is 3.51. The fraction of sp³-hybridized carbons (Fsp3) is 0.143. The van der Waals surface area contributed by atoms with Crippen LogP contribution in [0.2, 0.25) is 5.02 Å². The summed E-state index contributed by atoms with van der Waals surface area (Å²) < 4.78 is 0. The molecule has 18 heavy (non-hydrogen) atoms. The SMILES string of the molecule is Cc1ccncc1NC(=O)Cc1ccc(Cl)cc1. The van der Waals surface area contributed by atoms with Crippen LogP contribution in [0.15, 0.2) is 42.7 Å². The Hall–Kier alpha value is -1.87. The van der Waals surface area contributed by atoms with Crippen molar-refractivity contribution in [2.45, 2.75) is 13.3 Å². The van der Waals surface area contributed by atoms with Gasteiger partial charge in [-0.05, 0) is 36.2 Å². The number of nitrogens with one attached hydrogen (secondary N) is 1. The molecule has 0 unspecified atom stereocenters. The minimum absolute atomic E-state index is 0.0616. The molecule has 0 radical (unpaired) electrons. The molecule has 0 saturated heterocycles. The van der Waals surface area contributed by atoms with Crippen LogP contribution in [0.3, 0.4) is 0 Å². The first-order valence-electron chi connectivity index (χ1n) is 5.60. The quantitative estimate of drug-likeness (QED) is 0.921. The second-order valence-corrected chi connectivity index (χ2v) is 4.48. The van der Waals surface area contributed by atoms with Crippen LogP contribution >= 0.6 is 11.6 Å². The van der Waals surface area contributed by atoms with Crippen LogP contribution in [0.25, 0.3) is 0 Å². The Labute approximate surface area is 111 Å². The number of carbonyl (C=O) groups is 1. The van der Waals surface area contributed by atoms with Gasteiger partial charge >= 0.3 is 0 Å². The average Bonchev–Trinajstić information content (AvgIpc) is 2.35. The number of pyridine rings is 1. The number of amides is 1. The molecule has 1 aromatic carbocycles. The van der Waals surface area contributed by atoms with Crippen molar-refractivity contribution >= 4 is 23.2 Å². The van der Waals surface area contributed by atoms with Crippen LogP contribution in [0.1, 0.15) is 11.1 Å². The van der Waals surface area contributed by atoms with Gasteiger partial charge in [-0.15, -0.1) is 0 Å². The third-order valence-corrected chi connectivity index (χ3v) is 2.84. The summed E-state index contributed by atoms with van der Waals surface area (Å²) >= 11 is 5.79. The van der Waals surface area contributed by atoms with Crippen molar-refractivity contribution in [2.75, 3.05) is 5.32 Å². The number of aromatic nitrogens is 1. The van der Waals surface area contributed by atoms with Crippen LogP contribution in [-0.4, -0.2) is 10.9 Å². The van der Waals surface area contributed by atoms with E-state index in [0.29, 0.717) is 11.4 Å². The Kier molecular flexibility index (Phi) is 3.95. The van der Waals surface area contributed by atoms with E-state index >= 15 is 0 Å². The van der Waals surface area contributed by atoms with Crippen molar-refractivity contribution in [3.8, 4) is 0 Å². The molecule has 92 valence electrons. The molecule has 2 rings (SSSR count). The summed E-state index contributed by atoms with van der Waals surface area (Å²) in [5.41, 5.74) is 2.67. The Morgan fingerprint density at radius 3 is 2.67 bits per heavy atom. The Balaban J connectivity index is 2.01. The highest BCUT2D eigenvalue weighted by Crippen LogP contribution is 2.13. The van der Waals surface area contributed by atoms with E-state index in [1.54, 1.807) is 24.5 Å². The molecule has 3 nitrogen and oxygen atoms in total. The maximum atomic E-state index is 11.8. The molecule has 0 aliphatic rings. The van der Waals surface area contributed by atoms with Gasteiger partial charge in [-0.25, -0.2) is 0 Å².